The number of thiocyanates is 1. The summed E-state index contributed by atoms with van der Waals surface area (Å²) in [6, 6.07) is 0. The Morgan fingerprint density at radius 3 is 3.17 bits per heavy atom. The van der Waals surface area contributed by atoms with E-state index in [-0.39, 0.29) is 6.29 Å². The third-order valence-corrected chi connectivity index (χ3v) is 2.19. The minimum Gasteiger partial charge on any atom is -0.353 e. The van der Waals surface area contributed by atoms with Crippen molar-refractivity contribution < 1.29 is 9.47 Å². The minimum absolute atomic E-state index is 0.0157. The molecule has 0 amide bonds. The number of thioether (sulfide) groups is 1. The van der Waals surface area contributed by atoms with Crippen molar-refractivity contribution in [3.63, 3.8) is 0 Å². The topological polar surface area (TPSA) is 42.2 Å². The second-order valence-electron chi connectivity index (χ2n) is 2.61. The van der Waals surface area contributed by atoms with Crippen molar-refractivity contribution in [2.75, 3.05) is 19.0 Å². The number of nitriles is 1. The Labute approximate surface area is 77.0 Å². The number of rotatable bonds is 4. The quantitative estimate of drug-likeness (QED) is 0.496. The number of hydrogen-bond donors (Lipinski definition) is 0. The highest BCUT2D eigenvalue weighted by atomic mass is 32.2. The van der Waals surface area contributed by atoms with Crippen LogP contribution in [-0.2, 0) is 9.47 Å². The zero-order valence-electron chi connectivity index (χ0n) is 6.99. The van der Waals surface area contributed by atoms with Crippen LogP contribution in [0.5, 0.6) is 0 Å². The summed E-state index contributed by atoms with van der Waals surface area (Å²) in [4.78, 5) is 0. The fraction of sp³-hybridized carbons (Fsp3) is 0.875. The van der Waals surface area contributed by atoms with Gasteiger partial charge in [-0.25, -0.2) is 0 Å². The largest absolute Gasteiger partial charge is 0.353 e. The van der Waals surface area contributed by atoms with Crippen LogP contribution in [0.15, 0.2) is 0 Å². The molecular weight excluding hydrogens is 174 g/mol. The van der Waals surface area contributed by atoms with E-state index in [1.165, 1.54) is 18.2 Å². The van der Waals surface area contributed by atoms with Crippen molar-refractivity contribution >= 4 is 11.8 Å². The summed E-state index contributed by atoms with van der Waals surface area (Å²) < 4.78 is 10.7. The highest BCUT2D eigenvalue weighted by Crippen LogP contribution is 2.13. The molecule has 0 spiro atoms. The first-order chi connectivity index (χ1) is 5.93. The van der Waals surface area contributed by atoms with Crippen LogP contribution in [0.25, 0.3) is 0 Å². The summed E-state index contributed by atoms with van der Waals surface area (Å²) in [7, 11) is 0. The molecule has 0 N–H and O–H groups in total. The highest BCUT2D eigenvalue weighted by Gasteiger charge is 2.13. The molecule has 0 aromatic carbocycles. The van der Waals surface area contributed by atoms with Crippen molar-refractivity contribution in [2.45, 2.75) is 25.6 Å². The Kier molecular flexibility index (Phi) is 5.16. The Bertz CT molecular complexity index is 152. The van der Waals surface area contributed by atoms with Crippen LogP contribution in [0.2, 0.25) is 0 Å². The number of ether oxygens (including phenoxy) is 2. The van der Waals surface area contributed by atoms with Crippen LogP contribution in [-0.4, -0.2) is 25.3 Å². The van der Waals surface area contributed by atoms with Crippen LogP contribution in [0.4, 0.5) is 0 Å². The standard InChI is InChI=1S/C8H13NO2S/c9-7-12-6-5-11-8-3-1-2-4-10-8/h8H,1-6H2. The predicted octanol–water partition coefficient (Wildman–Crippen LogP) is 1.74. The van der Waals surface area contributed by atoms with Gasteiger partial charge in [-0.05, 0) is 31.0 Å². The van der Waals surface area contributed by atoms with E-state index in [9.17, 15) is 0 Å². The second-order valence-corrected chi connectivity index (χ2v) is 3.49. The van der Waals surface area contributed by atoms with Gasteiger partial charge in [-0.15, -0.1) is 0 Å². The monoisotopic (exact) mass is 187 g/mol. The van der Waals surface area contributed by atoms with Crippen LogP contribution in [0.3, 0.4) is 0 Å². The Balaban J connectivity index is 1.95. The van der Waals surface area contributed by atoms with Crippen LogP contribution in [0, 0.1) is 10.7 Å². The molecule has 1 atom stereocenters. The summed E-state index contributed by atoms with van der Waals surface area (Å²) in [6.07, 6.45) is 3.32. The molecule has 1 aliphatic rings. The third kappa shape index (κ3) is 3.96. The first-order valence-corrected chi connectivity index (χ1v) is 5.16. The van der Waals surface area contributed by atoms with Crippen molar-refractivity contribution in [1.82, 2.24) is 0 Å². The van der Waals surface area contributed by atoms with Gasteiger partial charge in [0.25, 0.3) is 0 Å². The molecule has 1 saturated heterocycles. The van der Waals surface area contributed by atoms with E-state index in [1.54, 1.807) is 0 Å². The molecule has 1 aliphatic heterocycles. The van der Waals surface area contributed by atoms with Gasteiger partial charge in [0.15, 0.2) is 6.29 Å². The molecule has 4 heteroatoms. The van der Waals surface area contributed by atoms with Crippen molar-refractivity contribution in [3.05, 3.63) is 0 Å². The van der Waals surface area contributed by atoms with Gasteiger partial charge in [-0.3, -0.25) is 0 Å². The molecule has 12 heavy (non-hydrogen) atoms. The average Bonchev–Trinajstić information content (AvgIpc) is 2.14. The molecule has 0 bridgehead atoms. The minimum atomic E-state index is -0.0157. The molecule has 3 nitrogen and oxygen atoms in total. The molecule has 1 fully saturated rings. The van der Waals surface area contributed by atoms with Crippen molar-refractivity contribution in [1.29, 1.82) is 5.26 Å². The summed E-state index contributed by atoms with van der Waals surface area (Å²) >= 11 is 1.22. The van der Waals surface area contributed by atoms with Gasteiger partial charge in [0.2, 0.25) is 0 Å². The first kappa shape index (κ1) is 9.85. The number of hydrogen-bond acceptors (Lipinski definition) is 4. The van der Waals surface area contributed by atoms with E-state index < -0.39 is 0 Å². The molecule has 68 valence electrons. The molecule has 0 aromatic rings. The lowest BCUT2D eigenvalue weighted by Gasteiger charge is -2.22. The van der Waals surface area contributed by atoms with Gasteiger partial charge in [0, 0.05) is 12.4 Å². The van der Waals surface area contributed by atoms with Gasteiger partial charge in [-0.1, -0.05) is 0 Å². The number of nitrogens with zero attached hydrogens (tertiary/aromatic N) is 1. The maximum atomic E-state index is 8.23. The zero-order valence-corrected chi connectivity index (χ0v) is 7.81. The Morgan fingerprint density at radius 1 is 1.58 bits per heavy atom. The molecule has 1 rings (SSSR count). The molecule has 1 unspecified atom stereocenters. The lowest BCUT2D eigenvalue weighted by atomic mass is 10.2. The zero-order chi connectivity index (χ0) is 8.65. The van der Waals surface area contributed by atoms with Crippen LogP contribution < -0.4 is 0 Å². The van der Waals surface area contributed by atoms with E-state index in [0.29, 0.717) is 6.61 Å². The smallest absolute Gasteiger partial charge is 0.157 e. The summed E-state index contributed by atoms with van der Waals surface area (Å²) in [6.45, 7) is 1.43. The molecule has 0 aliphatic carbocycles. The van der Waals surface area contributed by atoms with E-state index in [1.807, 2.05) is 5.40 Å². The lowest BCUT2D eigenvalue weighted by molar-refractivity contribution is -0.158. The van der Waals surface area contributed by atoms with Gasteiger partial charge in [0.05, 0.1) is 6.61 Å². The summed E-state index contributed by atoms with van der Waals surface area (Å²) in [5.74, 6) is 0.732. The Hall–Kier alpha value is -0.240. The summed E-state index contributed by atoms with van der Waals surface area (Å²) in [5.41, 5.74) is 0. The maximum Gasteiger partial charge on any atom is 0.157 e. The van der Waals surface area contributed by atoms with Gasteiger partial charge < -0.3 is 9.47 Å². The lowest BCUT2D eigenvalue weighted by Crippen LogP contribution is -2.23. The predicted molar refractivity (Wildman–Crippen MR) is 47.6 cm³/mol. The van der Waals surface area contributed by atoms with E-state index in [4.69, 9.17) is 14.7 Å². The van der Waals surface area contributed by atoms with Gasteiger partial charge >= 0.3 is 0 Å². The van der Waals surface area contributed by atoms with Crippen LogP contribution >= 0.6 is 11.8 Å². The fourth-order valence-electron chi connectivity index (χ4n) is 1.11. The van der Waals surface area contributed by atoms with Crippen molar-refractivity contribution in [3.8, 4) is 5.40 Å². The van der Waals surface area contributed by atoms with Gasteiger partial charge in [-0.2, -0.15) is 5.26 Å². The molecule has 0 saturated carbocycles. The first-order valence-electron chi connectivity index (χ1n) is 4.17. The van der Waals surface area contributed by atoms with Gasteiger partial charge in [0.1, 0.15) is 5.40 Å². The van der Waals surface area contributed by atoms with Crippen molar-refractivity contribution in [2.24, 2.45) is 0 Å². The maximum absolute atomic E-state index is 8.23. The molecule has 0 aromatic heterocycles. The highest BCUT2D eigenvalue weighted by molar-refractivity contribution is 8.03. The molecular formula is C8H13NO2S. The fourth-order valence-corrected chi connectivity index (χ4v) is 1.38. The van der Waals surface area contributed by atoms with Crippen LogP contribution in [0.1, 0.15) is 19.3 Å². The SMILES string of the molecule is N#CSCCOC1CCCCO1. The Morgan fingerprint density at radius 2 is 2.50 bits per heavy atom. The molecule has 1 heterocycles. The normalized spacial score (nSPS) is 23.4. The van der Waals surface area contributed by atoms with E-state index in [2.05, 4.69) is 0 Å². The summed E-state index contributed by atoms with van der Waals surface area (Å²) in [5, 5.41) is 10.2. The average molecular weight is 187 g/mol. The second kappa shape index (κ2) is 6.30. The molecule has 0 radical (unpaired) electrons. The third-order valence-electron chi connectivity index (χ3n) is 1.69. The van der Waals surface area contributed by atoms with E-state index >= 15 is 0 Å². The van der Waals surface area contributed by atoms with E-state index in [0.717, 1.165) is 25.2 Å².